The Morgan fingerprint density at radius 2 is 1.82 bits per heavy atom. The third-order valence-electron chi connectivity index (χ3n) is 4.41. The van der Waals surface area contributed by atoms with Crippen LogP contribution in [-0.2, 0) is 6.54 Å². The lowest BCUT2D eigenvalue weighted by atomic mass is 10.0. The number of ether oxygens (including phenoxy) is 2. The summed E-state index contributed by atoms with van der Waals surface area (Å²) in [5.74, 6) is 0.807. The number of nitriles is 2. The van der Waals surface area contributed by atoms with Crippen LogP contribution in [0.3, 0.4) is 0 Å². The zero-order chi connectivity index (χ0) is 20.1. The van der Waals surface area contributed by atoms with Gasteiger partial charge >= 0.3 is 0 Å². The standard InChI is InChI=1S/C21H17N3O4/c1-27-15-4-2-14(3-5-15)12-19-20(26)16-6-7-18(25)17(21(16)28-19)13-24(10-8-22)11-9-23/h2-7,12,25H,10-11,13H2,1H3/p+1/b19-12+. The van der Waals surface area contributed by atoms with Crippen molar-refractivity contribution in [2.45, 2.75) is 6.54 Å². The Bertz CT molecular complexity index is 998. The number of fused-ring (bicyclic) bond motifs is 1. The number of hydrogen-bond donors (Lipinski definition) is 2. The maximum absolute atomic E-state index is 12.7. The molecule has 0 amide bonds. The molecule has 0 bridgehead atoms. The maximum Gasteiger partial charge on any atom is 0.231 e. The van der Waals surface area contributed by atoms with Crippen LogP contribution in [0.25, 0.3) is 6.08 Å². The molecule has 2 N–H and O–H groups in total. The van der Waals surface area contributed by atoms with Crippen molar-refractivity contribution in [3.05, 3.63) is 58.8 Å². The van der Waals surface area contributed by atoms with Crippen LogP contribution >= 0.6 is 0 Å². The maximum atomic E-state index is 12.7. The lowest BCUT2D eigenvalue weighted by molar-refractivity contribution is -0.899. The third kappa shape index (κ3) is 3.80. The number of benzene rings is 2. The second-order valence-electron chi connectivity index (χ2n) is 6.25. The van der Waals surface area contributed by atoms with Gasteiger partial charge in [0.25, 0.3) is 0 Å². The third-order valence-corrected chi connectivity index (χ3v) is 4.41. The molecule has 28 heavy (non-hydrogen) atoms. The Kier molecular flexibility index (Phi) is 5.59. The highest BCUT2D eigenvalue weighted by molar-refractivity contribution is 6.14. The molecule has 0 unspecified atom stereocenters. The molecule has 7 heteroatoms. The van der Waals surface area contributed by atoms with Crippen LogP contribution in [0, 0.1) is 22.7 Å². The van der Waals surface area contributed by atoms with Crippen molar-refractivity contribution < 1.29 is 24.3 Å². The van der Waals surface area contributed by atoms with Gasteiger partial charge in [0.05, 0.1) is 18.2 Å². The summed E-state index contributed by atoms with van der Waals surface area (Å²) < 4.78 is 10.9. The van der Waals surface area contributed by atoms with Crippen molar-refractivity contribution in [3.63, 3.8) is 0 Å². The van der Waals surface area contributed by atoms with E-state index in [0.717, 1.165) is 5.56 Å². The number of carbonyl (C=O) groups is 1. The highest BCUT2D eigenvalue weighted by Crippen LogP contribution is 2.39. The number of methoxy groups -OCH3 is 1. The fourth-order valence-corrected chi connectivity index (χ4v) is 2.98. The van der Waals surface area contributed by atoms with Gasteiger partial charge in [-0.2, -0.15) is 10.5 Å². The quantitative estimate of drug-likeness (QED) is 0.584. The van der Waals surface area contributed by atoms with Crippen molar-refractivity contribution in [2.75, 3.05) is 20.2 Å². The number of quaternary nitrogens is 1. The van der Waals surface area contributed by atoms with E-state index in [1.807, 2.05) is 12.1 Å². The van der Waals surface area contributed by atoms with E-state index in [1.165, 1.54) is 12.1 Å². The summed E-state index contributed by atoms with van der Waals surface area (Å²) in [6.07, 6.45) is 1.62. The first-order chi connectivity index (χ1) is 13.6. The Balaban J connectivity index is 1.93. The number of aromatic hydroxyl groups is 1. The lowest BCUT2D eigenvalue weighted by Gasteiger charge is -2.15. The van der Waals surface area contributed by atoms with Gasteiger partial charge in [-0.3, -0.25) is 4.79 Å². The SMILES string of the molecule is COc1ccc(/C=C2/Oc3c(ccc(O)c3C[NH+](CC#N)CC#N)C2=O)cc1. The van der Waals surface area contributed by atoms with Crippen molar-refractivity contribution in [3.8, 4) is 29.4 Å². The minimum Gasteiger partial charge on any atom is -0.507 e. The molecule has 0 saturated carbocycles. The zero-order valence-corrected chi connectivity index (χ0v) is 15.2. The highest BCUT2D eigenvalue weighted by Gasteiger charge is 2.32. The number of allylic oxidation sites excluding steroid dienone is 1. The van der Waals surface area contributed by atoms with Crippen molar-refractivity contribution in [2.24, 2.45) is 0 Å². The molecule has 3 rings (SSSR count). The van der Waals surface area contributed by atoms with Gasteiger partial charge in [0.2, 0.25) is 5.78 Å². The van der Waals surface area contributed by atoms with Crippen LogP contribution < -0.4 is 14.4 Å². The Morgan fingerprint density at radius 1 is 1.14 bits per heavy atom. The summed E-state index contributed by atoms with van der Waals surface area (Å²) in [5.41, 5.74) is 1.52. The van der Waals surface area contributed by atoms with Crippen LogP contribution in [0.5, 0.6) is 17.2 Å². The Hall–Kier alpha value is -3.81. The lowest BCUT2D eigenvalue weighted by Crippen LogP contribution is -3.10. The predicted octanol–water partition coefficient (Wildman–Crippen LogP) is 1.45. The minimum absolute atomic E-state index is 0.0365. The molecule has 2 aromatic carbocycles. The molecule has 1 aliphatic heterocycles. The van der Waals surface area contributed by atoms with Crippen LogP contribution in [0.4, 0.5) is 0 Å². The average Bonchev–Trinajstić information content (AvgIpc) is 3.01. The van der Waals surface area contributed by atoms with E-state index in [1.54, 1.807) is 37.5 Å². The second kappa shape index (κ2) is 8.26. The van der Waals surface area contributed by atoms with Crippen molar-refractivity contribution in [1.29, 1.82) is 10.5 Å². The first-order valence-corrected chi connectivity index (χ1v) is 8.58. The van der Waals surface area contributed by atoms with E-state index >= 15 is 0 Å². The number of hydrogen-bond acceptors (Lipinski definition) is 6. The van der Waals surface area contributed by atoms with Gasteiger partial charge in [-0.15, -0.1) is 0 Å². The van der Waals surface area contributed by atoms with Gasteiger partial charge in [-0.25, -0.2) is 0 Å². The number of Topliss-reactive ketones (excluding diaryl/α,β-unsaturated/α-hetero) is 1. The van der Waals surface area contributed by atoms with E-state index in [9.17, 15) is 9.90 Å². The number of nitrogens with one attached hydrogen (secondary N) is 1. The van der Waals surface area contributed by atoms with Crippen LogP contribution in [0.2, 0.25) is 0 Å². The molecule has 0 fully saturated rings. The number of phenols is 1. The second-order valence-corrected chi connectivity index (χ2v) is 6.25. The monoisotopic (exact) mass is 376 g/mol. The number of rotatable bonds is 6. The molecule has 0 spiro atoms. The van der Waals surface area contributed by atoms with Gasteiger partial charge in [0.15, 0.2) is 24.6 Å². The van der Waals surface area contributed by atoms with E-state index in [-0.39, 0.29) is 42.7 Å². The van der Waals surface area contributed by atoms with Gasteiger partial charge < -0.3 is 19.5 Å². The molecule has 2 aromatic rings. The topological polar surface area (TPSA) is 108 Å². The van der Waals surface area contributed by atoms with E-state index < -0.39 is 0 Å². The summed E-state index contributed by atoms with van der Waals surface area (Å²) in [6, 6.07) is 14.1. The number of carbonyl (C=O) groups excluding carboxylic acids is 1. The molecule has 7 nitrogen and oxygen atoms in total. The molecule has 0 aliphatic carbocycles. The summed E-state index contributed by atoms with van der Waals surface area (Å²) in [7, 11) is 1.58. The number of nitrogens with zero attached hydrogens (tertiary/aromatic N) is 2. The van der Waals surface area contributed by atoms with E-state index in [2.05, 4.69) is 0 Å². The molecule has 0 atom stereocenters. The Labute approximate surface area is 162 Å². The number of phenolic OH excluding ortho intramolecular Hbond substituents is 1. The summed E-state index contributed by atoms with van der Waals surface area (Å²) in [6.45, 7) is 0.386. The molecule has 0 saturated heterocycles. The highest BCUT2D eigenvalue weighted by atomic mass is 16.5. The summed E-state index contributed by atoms with van der Waals surface area (Å²) in [4.78, 5) is 13.4. The smallest absolute Gasteiger partial charge is 0.231 e. The first kappa shape index (κ1) is 19.0. The fourth-order valence-electron chi connectivity index (χ4n) is 2.98. The van der Waals surface area contributed by atoms with Crippen LogP contribution in [0.1, 0.15) is 21.5 Å². The van der Waals surface area contributed by atoms with Crippen molar-refractivity contribution in [1.82, 2.24) is 0 Å². The van der Waals surface area contributed by atoms with Crippen molar-refractivity contribution >= 4 is 11.9 Å². The minimum atomic E-state index is -0.283. The van der Waals surface area contributed by atoms with Gasteiger partial charge in [-0.05, 0) is 35.9 Å². The molecule has 140 valence electrons. The van der Waals surface area contributed by atoms with E-state index in [4.69, 9.17) is 20.0 Å². The fraction of sp³-hybridized carbons (Fsp3) is 0.190. The van der Waals surface area contributed by atoms with E-state index in [0.29, 0.717) is 21.8 Å². The molecular formula is C21H18N3O4+. The van der Waals surface area contributed by atoms with Gasteiger partial charge in [0.1, 0.15) is 30.2 Å². The van der Waals surface area contributed by atoms with Crippen LogP contribution in [-0.4, -0.2) is 31.1 Å². The molecule has 1 heterocycles. The van der Waals surface area contributed by atoms with Crippen LogP contribution in [0.15, 0.2) is 42.2 Å². The Morgan fingerprint density at radius 3 is 2.43 bits per heavy atom. The normalized spacial score (nSPS) is 13.7. The molecule has 0 aromatic heterocycles. The average molecular weight is 376 g/mol. The number of ketones is 1. The molecule has 0 radical (unpaired) electrons. The van der Waals surface area contributed by atoms with Gasteiger partial charge in [0, 0.05) is 0 Å². The molecule has 1 aliphatic rings. The molecular weight excluding hydrogens is 358 g/mol. The summed E-state index contributed by atoms with van der Waals surface area (Å²) in [5, 5.41) is 28.2. The summed E-state index contributed by atoms with van der Waals surface area (Å²) >= 11 is 0. The first-order valence-electron chi connectivity index (χ1n) is 8.58. The largest absolute Gasteiger partial charge is 0.507 e. The zero-order valence-electron chi connectivity index (χ0n) is 15.2. The predicted molar refractivity (Wildman–Crippen MR) is 99.7 cm³/mol. The van der Waals surface area contributed by atoms with Gasteiger partial charge in [-0.1, -0.05) is 12.1 Å².